The summed E-state index contributed by atoms with van der Waals surface area (Å²) in [5.41, 5.74) is 2.18. The van der Waals surface area contributed by atoms with E-state index in [1.54, 1.807) is 14.2 Å². The molecule has 0 heterocycles. The molecule has 0 aliphatic heterocycles. The summed E-state index contributed by atoms with van der Waals surface area (Å²) >= 11 is 0. The Bertz CT molecular complexity index is 361. The van der Waals surface area contributed by atoms with Gasteiger partial charge in [-0.25, -0.2) is 0 Å². The zero-order valence-corrected chi connectivity index (χ0v) is 11.5. The molecule has 3 heteroatoms. The van der Waals surface area contributed by atoms with Gasteiger partial charge in [0.15, 0.2) is 0 Å². The molecule has 0 spiro atoms. The van der Waals surface area contributed by atoms with Gasteiger partial charge < -0.3 is 14.8 Å². The minimum absolute atomic E-state index is 0.366. The monoisotopic (exact) mass is 237 g/mol. The Labute approximate surface area is 104 Å². The van der Waals surface area contributed by atoms with Crippen LogP contribution in [-0.4, -0.2) is 20.3 Å². The molecule has 0 saturated carbocycles. The van der Waals surface area contributed by atoms with Crippen molar-refractivity contribution in [3.63, 3.8) is 0 Å². The maximum atomic E-state index is 5.42. The summed E-state index contributed by atoms with van der Waals surface area (Å²) in [6.07, 6.45) is 2.10. The zero-order chi connectivity index (χ0) is 12.8. The molecular weight excluding hydrogens is 214 g/mol. The number of aryl methyl sites for hydroxylation is 1. The highest BCUT2D eigenvalue weighted by Gasteiger charge is 2.11. The van der Waals surface area contributed by atoms with E-state index in [0.717, 1.165) is 30.0 Å². The highest BCUT2D eigenvalue weighted by Crippen LogP contribution is 2.33. The molecule has 1 aromatic rings. The van der Waals surface area contributed by atoms with Crippen molar-refractivity contribution < 1.29 is 9.47 Å². The van der Waals surface area contributed by atoms with Gasteiger partial charge >= 0.3 is 0 Å². The lowest BCUT2D eigenvalue weighted by molar-refractivity contribution is 0.399. The molecule has 0 aliphatic rings. The first-order valence-electron chi connectivity index (χ1n) is 6.13. The van der Waals surface area contributed by atoms with Crippen molar-refractivity contribution in [2.75, 3.05) is 19.5 Å². The number of rotatable bonds is 6. The zero-order valence-electron chi connectivity index (χ0n) is 11.5. The minimum Gasteiger partial charge on any atom is -0.496 e. The summed E-state index contributed by atoms with van der Waals surface area (Å²) in [4.78, 5) is 0. The number of hydrogen-bond acceptors (Lipinski definition) is 3. The van der Waals surface area contributed by atoms with Crippen molar-refractivity contribution in [1.29, 1.82) is 0 Å². The summed E-state index contributed by atoms with van der Waals surface area (Å²) in [5, 5.41) is 3.36. The third kappa shape index (κ3) is 3.55. The van der Waals surface area contributed by atoms with Gasteiger partial charge in [-0.3, -0.25) is 0 Å². The molecule has 0 amide bonds. The quantitative estimate of drug-likeness (QED) is 0.821. The molecule has 0 aliphatic carbocycles. The van der Waals surface area contributed by atoms with Gasteiger partial charge in [0.1, 0.15) is 11.5 Å². The third-order valence-corrected chi connectivity index (χ3v) is 2.57. The Morgan fingerprint density at radius 1 is 1.12 bits per heavy atom. The van der Waals surface area contributed by atoms with Gasteiger partial charge in [-0.1, -0.05) is 13.3 Å². The van der Waals surface area contributed by atoms with Crippen molar-refractivity contribution >= 4 is 5.69 Å². The maximum Gasteiger partial charge on any atom is 0.142 e. The highest BCUT2D eigenvalue weighted by atomic mass is 16.5. The number of nitrogens with one attached hydrogen (secondary N) is 1. The molecule has 1 aromatic carbocycles. The second-order valence-electron chi connectivity index (χ2n) is 4.41. The van der Waals surface area contributed by atoms with Gasteiger partial charge in [0.25, 0.3) is 0 Å². The molecule has 0 aromatic heterocycles. The molecule has 17 heavy (non-hydrogen) atoms. The normalized spacial score (nSPS) is 10.5. The maximum absolute atomic E-state index is 5.42. The number of ether oxygens (including phenoxy) is 2. The van der Waals surface area contributed by atoms with Crippen LogP contribution in [0, 0.1) is 0 Å². The van der Waals surface area contributed by atoms with Gasteiger partial charge in [-0.2, -0.15) is 0 Å². The van der Waals surface area contributed by atoms with Gasteiger partial charge in [0.05, 0.1) is 19.9 Å². The van der Waals surface area contributed by atoms with Crippen molar-refractivity contribution in [2.45, 2.75) is 39.7 Å². The molecule has 3 nitrogen and oxygen atoms in total. The molecule has 0 radical (unpaired) electrons. The van der Waals surface area contributed by atoms with E-state index in [9.17, 15) is 0 Å². The second-order valence-corrected chi connectivity index (χ2v) is 4.41. The SMILES string of the molecule is CCCc1cc(OC)c(NC(C)C)cc1OC. The van der Waals surface area contributed by atoms with Gasteiger partial charge in [-0.05, 0) is 31.9 Å². The third-order valence-electron chi connectivity index (χ3n) is 2.57. The van der Waals surface area contributed by atoms with E-state index in [1.807, 2.05) is 6.07 Å². The first-order chi connectivity index (χ1) is 8.12. The van der Waals surface area contributed by atoms with Crippen LogP contribution in [0.2, 0.25) is 0 Å². The first kappa shape index (κ1) is 13.7. The summed E-state index contributed by atoms with van der Waals surface area (Å²) in [6, 6.07) is 4.45. The predicted octanol–water partition coefficient (Wildman–Crippen LogP) is 3.48. The molecule has 0 bridgehead atoms. The number of anilines is 1. The molecule has 0 unspecified atom stereocenters. The highest BCUT2D eigenvalue weighted by molar-refractivity contribution is 5.62. The van der Waals surface area contributed by atoms with Crippen molar-refractivity contribution in [3.8, 4) is 11.5 Å². The van der Waals surface area contributed by atoms with Crippen molar-refractivity contribution in [2.24, 2.45) is 0 Å². The Balaban J connectivity index is 3.12. The molecule has 0 saturated heterocycles. The smallest absolute Gasteiger partial charge is 0.142 e. The standard InChI is InChI=1S/C14H23NO2/c1-6-7-11-8-14(17-5)12(15-10(2)3)9-13(11)16-4/h8-10,15H,6-7H2,1-5H3. The van der Waals surface area contributed by atoms with E-state index in [4.69, 9.17) is 9.47 Å². The lowest BCUT2D eigenvalue weighted by Gasteiger charge is -2.17. The van der Waals surface area contributed by atoms with Crippen LogP contribution in [-0.2, 0) is 6.42 Å². The number of methoxy groups -OCH3 is 2. The van der Waals surface area contributed by atoms with Crippen LogP contribution in [0.5, 0.6) is 11.5 Å². The Kier molecular flexibility index (Phi) is 5.13. The van der Waals surface area contributed by atoms with Crippen LogP contribution in [0.15, 0.2) is 12.1 Å². The van der Waals surface area contributed by atoms with E-state index < -0.39 is 0 Å². The van der Waals surface area contributed by atoms with E-state index in [-0.39, 0.29) is 0 Å². The predicted molar refractivity (Wildman–Crippen MR) is 72.3 cm³/mol. The summed E-state index contributed by atoms with van der Waals surface area (Å²) < 4.78 is 10.8. The Hall–Kier alpha value is -1.38. The van der Waals surface area contributed by atoms with Crippen LogP contribution in [0.3, 0.4) is 0 Å². The van der Waals surface area contributed by atoms with E-state index in [0.29, 0.717) is 6.04 Å². The van der Waals surface area contributed by atoms with Crippen LogP contribution in [0.4, 0.5) is 5.69 Å². The van der Waals surface area contributed by atoms with Crippen molar-refractivity contribution in [1.82, 2.24) is 0 Å². The largest absolute Gasteiger partial charge is 0.496 e. The van der Waals surface area contributed by atoms with Gasteiger partial charge in [-0.15, -0.1) is 0 Å². The number of benzene rings is 1. The summed E-state index contributed by atoms with van der Waals surface area (Å²) in [6.45, 7) is 6.37. The van der Waals surface area contributed by atoms with Crippen molar-refractivity contribution in [3.05, 3.63) is 17.7 Å². The fraction of sp³-hybridized carbons (Fsp3) is 0.571. The second kappa shape index (κ2) is 6.38. The lowest BCUT2D eigenvalue weighted by Crippen LogP contribution is -2.11. The average molecular weight is 237 g/mol. The van der Waals surface area contributed by atoms with E-state index >= 15 is 0 Å². The first-order valence-corrected chi connectivity index (χ1v) is 6.13. The summed E-state index contributed by atoms with van der Waals surface area (Å²) in [7, 11) is 3.41. The summed E-state index contributed by atoms with van der Waals surface area (Å²) in [5.74, 6) is 1.80. The van der Waals surface area contributed by atoms with Crippen LogP contribution in [0.25, 0.3) is 0 Å². The fourth-order valence-electron chi connectivity index (χ4n) is 1.85. The average Bonchev–Trinajstić information content (AvgIpc) is 2.30. The van der Waals surface area contributed by atoms with E-state index in [2.05, 4.69) is 32.2 Å². The molecule has 1 rings (SSSR count). The van der Waals surface area contributed by atoms with Crippen LogP contribution in [0.1, 0.15) is 32.8 Å². The minimum atomic E-state index is 0.366. The topological polar surface area (TPSA) is 30.5 Å². The van der Waals surface area contributed by atoms with E-state index in [1.165, 1.54) is 5.56 Å². The molecule has 0 fully saturated rings. The lowest BCUT2D eigenvalue weighted by atomic mass is 10.1. The van der Waals surface area contributed by atoms with Gasteiger partial charge in [0.2, 0.25) is 0 Å². The van der Waals surface area contributed by atoms with Gasteiger partial charge in [0, 0.05) is 12.1 Å². The Morgan fingerprint density at radius 2 is 1.76 bits per heavy atom. The molecule has 1 N–H and O–H groups in total. The number of hydrogen-bond donors (Lipinski definition) is 1. The Morgan fingerprint density at radius 3 is 2.24 bits per heavy atom. The molecule has 0 atom stereocenters. The molecular formula is C14H23NO2. The van der Waals surface area contributed by atoms with Crippen LogP contribution < -0.4 is 14.8 Å². The molecule has 96 valence electrons. The fourth-order valence-corrected chi connectivity index (χ4v) is 1.85. The van der Waals surface area contributed by atoms with Crippen LogP contribution >= 0.6 is 0 Å².